The van der Waals surface area contributed by atoms with Crippen LogP contribution in [0.4, 0.5) is 4.39 Å². The third kappa shape index (κ3) is 7.27. The molecule has 1 saturated heterocycles. The van der Waals surface area contributed by atoms with Crippen molar-refractivity contribution in [2.24, 2.45) is 0 Å². The van der Waals surface area contributed by atoms with E-state index in [0.717, 1.165) is 23.7 Å². The van der Waals surface area contributed by atoms with Crippen LogP contribution in [-0.4, -0.2) is 64.7 Å². The van der Waals surface area contributed by atoms with Crippen molar-refractivity contribution in [2.75, 3.05) is 39.5 Å². The predicted octanol–water partition coefficient (Wildman–Crippen LogP) is 3.87. The SMILES string of the molecule is CC(C)c1nccn1CCOc1ccc(CN2CCOC[C@@](O)(COc3ccc(F)cc3)C2)cc1. The van der Waals surface area contributed by atoms with Gasteiger partial charge < -0.3 is 23.9 Å². The zero-order chi connectivity index (χ0) is 24.7. The van der Waals surface area contributed by atoms with E-state index in [9.17, 15) is 9.50 Å². The minimum atomic E-state index is -1.16. The standard InChI is InChI=1S/C27H34FN3O4/c1-21(2)26-29-11-12-31(26)14-16-34-24-7-3-22(4-8-24)17-30-13-15-33-19-27(32,18-30)20-35-25-9-5-23(28)6-10-25/h3-12,21,32H,13-20H2,1-2H3/t27-/m1/s1. The predicted molar refractivity (Wildman–Crippen MR) is 131 cm³/mol. The van der Waals surface area contributed by atoms with Gasteiger partial charge in [-0.15, -0.1) is 0 Å². The van der Waals surface area contributed by atoms with E-state index in [1.54, 1.807) is 12.1 Å². The Kier molecular flexibility index (Phi) is 8.38. The molecule has 1 aliphatic rings. The summed E-state index contributed by atoms with van der Waals surface area (Å²) in [4.78, 5) is 6.57. The molecule has 4 rings (SSSR count). The van der Waals surface area contributed by atoms with Crippen LogP contribution < -0.4 is 9.47 Å². The second kappa shape index (κ2) is 11.7. The smallest absolute Gasteiger partial charge is 0.134 e. The Balaban J connectivity index is 1.27. The first-order chi connectivity index (χ1) is 16.9. The van der Waals surface area contributed by atoms with Crippen LogP contribution in [0, 0.1) is 5.82 Å². The molecule has 0 radical (unpaired) electrons. The van der Waals surface area contributed by atoms with Crippen LogP contribution in [0.5, 0.6) is 11.5 Å². The average Bonchev–Trinajstić information content (AvgIpc) is 3.24. The molecule has 188 valence electrons. The number of imidazole rings is 1. The number of benzene rings is 2. The van der Waals surface area contributed by atoms with Gasteiger partial charge in [-0.1, -0.05) is 26.0 Å². The number of halogens is 1. The molecule has 1 atom stereocenters. The number of aromatic nitrogens is 2. The second-order valence-electron chi connectivity index (χ2n) is 9.36. The lowest BCUT2D eigenvalue weighted by atomic mass is 10.1. The highest BCUT2D eigenvalue weighted by Gasteiger charge is 2.33. The van der Waals surface area contributed by atoms with Gasteiger partial charge >= 0.3 is 0 Å². The number of ether oxygens (including phenoxy) is 3. The molecule has 0 aliphatic carbocycles. The molecule has 1 aromatic heterocycles. The van der Waals surface area contributed by atoms with Crippen LogP contribution in [0.1, 0.15) is 31.2 Å². The van der Waals surface area contributed by atoms with Gasteiger partial charge in [-0.2, -0.15) is 0 Å². The molecule has 0 spiro atoms. The highest BCUT2D eigenvalue weighted by atomic mass is 19.1. The van der Waals surface area contributed by atoms with Crippen molar-refractivity contribution in [1.29, 1.82) is 0 Å². The Morgan fingerprint density at radius 2 is 1.80 bits per heavy atom. The number of hydrogen-bond donors (Lipinski definition) is 1. The maximum absolute atomic E-state index is 13.1. The quantitative estimate of drug-likeness (QED) is 0.472. The zero-order valence-electron chi connectivity index (χ0n) is 20.4. The van der Waals surface area contributed by atoms with E-state index in [4.69, 9.17) is 14.2 Å². The summed E-state index contributed by atoms with van der Waals surface area (Å²) in [6, 6.07) is 13.8. The summed E-state index contributed by atoms with van der Waals surface area (Å²) in [5, 5.41) is 11.1. The number of aliphatic hydroxyl groups is 1. The molecule has 1 aliphatic heterocycles. The van der Waals surface area contributed by atoms with E-state index in [1.165, 1.54) is 12.1 Å². The van der Waals surface area contributed by atoms with Crippen molar-refractivity contribution in [2.45, 2.75) is 38.5 Å². The summed E-state index contributed by atoms with van der Waals surface area (Å²) in [5.74, 6) is 2.45. The Labute approximate surface area is 206 Å². The second-order valence-corrected chi connectivity index (χ2v) is 9.36. The molecule has 0 unspecified atom stereocenters. The third-order valence-electron chi connectivity index (χ3n) is 5.96. The molecular formula is C27H34FN3O4. The van der Waals surface area contributed by atoms with Gasteiger partial charge in [0.1, 0.15) is 42.0 Å². The Hall–Kier alpha value is -2.94. The van der Waals surface area contributed by atoms with Crippen molar-refractivity contribution in [3.05, 3.63) is 78.1 Å². The molecule has 1 fully saturated rings. The van der Waals surface area contributed by atoms with E-state index >= 15 is 0 Å². The van der Waals surface area contributed by atoms with Crippen LogP contribution in [0.15, 0.2) is 60.9 Å². The summed E-state index contributed by atoms with van der Waals surface area (Å²) < 4.78 is 32.5. The third-order valence-corrected chi connectivity index (χ3v) is 5.96. The number of β-amino-alcohol motifs (C(OH)–C–C–N with tert-alkyl or cyclic N) is 1. The molecule has 1 N–H and O–H groups in total. The molecule has 2 aromatic carbocycles. The van der Waals surface area contributed by atoms with Gasteiger partial charge in [0.25, 0.3) is 0 Å². The molecule has 7 nitrogen and oxygen atoms in total. The zero-order valence-corrected chi connectivity index (χ0v) is 20.4. The topological polar surface area (TPSA) is 69.0 Å². The molecule has 3 aromatic rings. The first kappa shape index (κ1) is 25.2. The van der Waals surface area contributed by atoms with Gasteiger partial charge in [0.2, 0.25) is 0 Å². The van der Waals surface area contributed by atoms with E-state index in [0.29, 0.717) is 44.5 Å². The lowest BCUT2D eigenvalue weighted by Gasteiger charge is -2.30. The number of hydrogen-bond acceptors (Lipinski definition) is 6. The van der Waals surface area contributed by atoms with Crippen LogP contribution in [0.3, 0.4) is 0 Å². The summed E-state index contributed by atoms with van der Waals surface area (Å²) in [5.41, 5.74) is -0.0337. The largest absolute Gasteiger partial charge is 0.492 e. The van der Waals surface area contributed by atoms with Crippen molar-refractivity contribution in [3.8, 4) is 11.5 Å². The van der Waals surface area contributed by atoms with Crippen LogP contribution in [0.25, 0.3) is 0 Å². The fraction of sp³-hybridized carbons (Fsp3) is 0.444. The van der Waals surface area contributed by atoms with Gasteiger partial charge in [0.15, 0.2) is 0 Å². The average molecular weight is 484 g/mol. The summed E-state index contributed by atoms with van der Waals surface area (Å²) in [6.45, 7) is 8.17. The summed E-state index contributed by atoms with van der Waals surface area (Å²) >= 11 is 0. The minimum absolute atomic E-state index is 0.0668. The van der Waals surface area contributed by atoms with Gasteiger partial charge in [-0.3, -0.25) is 4.90 Å². The minimum Gasteiger partial charge on any atom is -0.492 e. The van der Waals surface area contributed by atoms with Crippen LogP contribution >= 0.6 is 0 Å². The Morgan fingerprint density at radius 1 is 1.09 bits per heavy atom. The van der Waals surface area contributed by atoms with Crippen LogP contribution in [-0.2, 0) is 17.8 Å². The van der Waals surface area contributed by atoms with E-state index < -0.39 is 5.60 Å². The number of rotatable bonds is 10. The highest BCUT2D eigenvalue weighted by Crippen LogP contribution is 2.20. The van der Waals surface area contributed by atoms with Crippen molar-refractivity contribution < 1.29 is 23.7 Å². The molecule has 0 saturated carbocycles. The van der Waals surface area contributed by atoms with E-state index in [1.807, 2.05) is 36.7 Å². The fourth-order valence-electron chi connectivity index (χ4n) is 4.19. The summed E-state index contributed by atoms with van der Waals surface area (Å²) in [7, 11) is 0. The Bertz CT molecular complexity index is 1060. The fourth-order valence-corrected chi connectivity index (χ4v) is 4.19. The Morgan fingerprint density at radius 3 is 2.54 bits per heavy atom. The maximum Gasteiger partial charge on any atom is 0.134 e. The highest BCUT2D eigenvalue weighted by molar-refractivity contribution is 5.27. The van der Waals surface area contributed by atoms with Gasteiger partial charge in [-0.05, 0) is 42.0 Å². The van der Waals surface area contributed by atoms with Gasteiger partial charge in [-0.25, -0.2) is 9.37 Å². The normalized spacial score (nSPS) is 19.0. The molecule has 2 heterocycles. The number of nitrogens with zero attached hydrogens (tertiary/aromatic N) is 3. The molecule has 8 heteroatoms. The summed E-state index contributed by atoms with van der Waals surface area (Å²) in [6.07, 6.45) is 3.81. The van der Waals surface area contributed by atoms with E-state index in [-0.39, 0.29) is 19.0 Å². The molecule has 0 amide bonds. The molecule has 0 bridgehead atoms. The van der Waals surface area contributed by atoms with Crippen LogP contribution in [0.2, 0.25) is 0 Å². The van der Waals surface area contributed by atoms with Crippen molar-refractivity contribution in [3.63, 3.8) is 0 Å². The van der Waals surface area contributed by atoms with Crippen molar-refractivity contribution in [1.82, 2.24) is 14.5 Å². The monoisotopic (exact) mass is 483 g/mol. The first-order valence-electron chi connectivity index (χ1n) is 12.0. The van der Waals surface area contributed by atoms with Gasteiger partial charge in [0.05, 0.1) is 19.8 Å². The van der Waals surface area contributed by atoms with E-state index in [2.05, 4.69) is 28.3 Å². The lowest BCUT2D eigenvalue weighted by Crippen LogP contribution is -2.48. The molecule has 35 heavy (non-hydrogen) atoms. The first-order valence-corrected chi connectivity index (χ1v) is 12.0. The van der Waals surface area contributed by atoms with Gasteiger partial charge in [0, 0.05) is 37.9 Å². The lowest BCUT2D eigenvalue weighted by molar-refractivity contribution is -0.0646. The van der Waals surface area contributed by atoms with Crippen molar-refractivity contribution >= 4 is 0 Å². The molecular weight excluding hydrogens is 449 g/mol. The maximum atomic E-state index is 13.1.